The summed E-state index contributed by atoms with van der Waals surface area (Å²) in [6.45, 7) is 4.75. The molecule has 1 aliphatic rings. The minimum absolute atomic E-state index is 0.0827. The number of hydrogen-bond donors (Lipinski definition) is 1. The SMILES string of the molecule is CCN1CCOC(C(O)c2ccc(F)cc2F)C1. The Bertz CT molecular complexity index is 414. The molecule has 0 radical (unpaired) electrons. The fourth-order valence-electron chi connectivity index (χ4n) is 2.15. The number of hydrogen-bond acceptors (Lipinski definition) is 3. The summed E-state index contributed by atoms with van der Waals surface area (Å²) in [7, 11) is 0. The van der Waals surface area contributed by atoms with E-state index in [1.807, 2.05) is 6.92 Å². The van der Waals surface area contributed by atoms with Gasteiger partial charge in [-0.2, -0.15) is 0 Å². The van der Waals surface area contributed by atoms with Crippen molar-refractivity contribution in [3.8, 4) is 0 Å². The number of aliphatic hydroxyl groups excluding tert-OH is 1. The summed E-state index contributed by atoms with van der Waals surface area (Å²) < 4.78 is 31.8. The molecule has 1 aromatic carbocycles. The lowest BCUT2D eigenvalue weighted by Crippen LogP contribution is -2.45. The summed E-state index contributed by atoms with van der Waals surface area (Å²) in [5.74, 6) is -1.39. The van der Waals surface area contributed by atoms with E-state index in [4.69, 9.17) is 4.74 Å². The van der Waals surface area contributed by atoms with Crippen LogP contribution in [0.3, 0.4) is 0 Å². The highest BCUT2D eigenvalue weighted by atomic mass is 19.1. The summed E-state index contributed by atoms with van der Waals surface area (Å²) in [5.41, 5.74) is 0.0827. The van der Waals surface area contributed by atoms with Gasteiger partial charge in [0.25, 0.3) is 0 Å². The average Bonchev–Trinajstić information content (AvgIpc) is 2.38. The first-order chi connectivity index (χ1) is 8.61. The molecule has 0 bridgehead atoms. The van der Waals surface area contributed by atoms with E-state index in [1.54, 1.807) is 0 Å². The zero-order valence-corrected chi connectivity index (χ0v) is 10.3. The third-order valence-corrected chi connectivity index (χ3v) is 3.26. The Hall–Kier alpha value is -1.04. The molecule has 1 saturated heterocycles. The van der Waals surface area contributed by atoms with Crippen molar-refractivity contribution >= 4 is 0 Å². The topological polar surface area (TPSA) is 32.7 Å². The predicted molar refractivity (Wildman–Crippen MR) is 63.2 cm³/mol. The first kappa shape index (κ1) is 13.4. The molecule has 0 aromatic heterocycles. The zero-order valence-electron chi connectivity index (χ0n) is 10.3. The van der Waals surface area contributed by atoms with Crippen LogP contribution in [0.2, 0.25) is 0 Å². The van der Waals surface area contributed by atoms with Gasteiger partial charge < -0.3 is 9.84 Å². The van der Waals surface area contributed by atoms with Crippen LogP contribution < -0.4 is 0 Å². The zero-order chi connectivity index (χ0) is 13.1. The molecular weight excluding hydrogens is 240 g/mol. The molecule has 3 nitrogen and oxygen atoms in total. The molecule has 1 aromatic rings. The van der Waals surface area contributed by atoms with Crippen LogP contribution in [0.25, 0.3) is 0 Å². The molecule has 18 heavy (non-hydrogen) atoms. The number of benzene rings is 1. The van der Waals surface area contributed by atoms with Crippen LogP contribution in [0.15, 0.2) is 18.2 Å². The van der Waals surface area contributed by atoms with Gasteiger partial charge >= 0.3 is 0 Å². The van der Waals surface area contributed by atoms with Crippen LogP contribution in [0.4, 0.5) is 8.78 Å². The summed E-state index contributed by atoms with van der Waals surface area (Å²) in [6, 6.07) is 3.19. The van der Waals surface area contributed by atoms with Crippen molar-refractivity contribution in [2.75, 3.05) is 26.2 Å². The Labute approximate surface area is 105 Å². The highest BCUT2D eigenvalue weighted by molar-refractivity contribution is 5.22. The molecule has 1 heterocycles. The summed E-state index contributed by atoms with van der Waals surface area (Å²) in [5, 5.41) is 10.1. The number of nitrogens with zero attached hydrogens (tertiary/aromatic N) is 1. The van der Waals surface area contributed by atoms with Crippen molar-refractivity contribution in [1.82, 2.24) is 4.90 Å². The molecule has 0 amide bonds. The molecule has 2 unspecified atom stereocenters. The monoisotopic (exact) mass is 257 g/mol. The minimum Gasteiger partial charge on any atom is -0.386 e. The van der Waals surface area contributed by atoms with Crippen LogP contribution in [0, 0.1) is 11.6 Å². The Morgan fingerprint density at radius 2 is 2.28 bits per heavy atom. The van der Waals surface area contributed by atoms with Crippen LogP contribution in [0.1, 0.15) is 18.6 Å². The molecule has 0 spiro atoms. The van der Waals surface area contributed by atoms with E-state index in [1.165, 1.54) is 6.07 Å². The summed E-state index contributed by atoms with van der Waals surface area (Å²) >= 11 is 0. The maximum absolute atomic E-state index is 13.6. The van der Waals surface area contributed by atoms with Gasteiger partial charge in [0.05, 0.1) is 6.61 Å². The van der Waals surface area contributed by atoms with Gasteiger partial charge in [-0.05, 0) is 12.6 Å². The van der Waals surface area contributed by atoms with Crippen molar-refractivity contribution in [1.29, 1.82) is 0 Å². The maximum atomic E-state index is 13.6. The second-order valence-corrected chi connectivity index (χ2v) is 4.41. The number of rotatable bonds is 3. The van der Waals surface area contributed by atoms with E-state index in [-0.39, 0.29) is 5.56 Å². The Balaban J connectivity index is 2.12. The van der Waals surface area contributed by atoms with Crippen LogP contribution in [-0.4, -0.2) is 42.4 Å². The van der Waals surface area contributed by atoms with Crippen molar-refractivity contribution in [3.63, 3.8) is 0 Å². The Morgan fingerprint density at radius 3 is 2.94 bits per heavy atom. The van der Waals surface area contributed by atoms with Gasteiger partial charge in [0.15, 0.2) is 0 Å². The van der Waals surface area contributed by atoms with E-state index in [0.29, 0.717) is 13.2 Å². The third kappa shape index (κ3) is 2.85. The fraction of sp³-hybridized carbons (Fsp3) is 0.538. The van der Waals surface area contributed by atoms with E-state index in [2.05, 4.69) is 4.90 Å². The highest BCUT2D eigenvalue weighted by Crippen LogP contribution is 2.25. The molecule has 2 atom stereocenters. The lowest BCUT2D eigenvalue weighted by atomic mass is 10.0. The fourth-order valence-corrected chi connectivity index (χ4v) is 2.15. The normalized spacial score (nSPS) is 23.0. The number of halogens is 2. The van der Waals surface area contributed by atoms with Crippen LogP contribution >= 0.6 is 0 Å². The molecule has 1 fully saturated rings. The quantitative estimate of drug-likeness (QED) is 0.895. The molecule has 0 saturated carbocycles. The molecular formula is C13H17F2NO2. The first-order valence-electron chi connectivity index (χ1n) is 6.08. The lowest BCUT2D eigenvalue weighted by molar-refractivity contribution is -0.0897. The summed E-state index contributed by atoms with van der Waals surface area (Å²) in [6.07, 6.45) is -1.54. The number of ether oxygens (including phenoxy) is 1. The van der Waals surface area contributed by atoms with Gasteiger partial charge in [-0.3, -0.25) is 4.90 Å². The molecule has 100 valence electrons. The predicted octanol–water partition coefficient (Wildman–Crippen LogP) is 1.72. The van der Waals surface area contributed by atoms with E-state index >= 15 is 0 Å². The second kappa shape index (κ2) is 5.73. The second-order valence-electron chi connectivity index (χ2n) is 4.41. The molecule has 2 rings (SSSR count). The van der Waals surface area contributed by atoms with Crippen LogP contribution in [0.5, 0.6) is 0 Å². The smallest absolute Gasteiger partial charge is 0.132 e. The number of aliphatic hydroxyl groups is 1. The Kier molecular flexibility index (Phi) is 4.27. The van der Waals surface area contributed by atoms with Gasteiger partial charge in [-0.15, -0.1) is 0 Å². The van der Waals surface area contributed by atoms with Gasteiger partial charge in [-0.25, -0.2) is 8.78 Å². The standard InChI is InChI=1S/C13H17F2NO2/c1-2-16-5-6-18-12(8-16)13(17)10-4-3-9(14)7-11(10)15/h3-4,7,12-13,17H,2,5-6,8H2,1H3. The molecule has 1 aliphatic heterocycles. The molecule has 5 heteroatoms. The highest BCUT2D eigenvalue weighted by Gasteiger charge is 2.29. The molecule has 1 N–H and O–H groups in total. The largest absolute Gasteiger partial charge is 0.386 e. The Morgan fingerprint density at radius 1 is 1.50 bits per heavy atom. The number of morpholine rings is 1. The molecule has 0 aliphatic carbocycles. The van der Waals surface area contributed by atoms with Gasteiger partial charge in [0.2, 0.25) is 0 Å². The van der Waals surface area contributed by atoms with Gasteiger partial charge in [0.1, 0.15) is 23.8 Å². The van der Waals surface area contributed by atoms with Gasteiger partial charge in [0, 0.05) is 24.7 Å². The van der Waals surface area contributed by atoms with E-state index in [9.17, 15) is 13.9 Å². The van der Waals surface area contributed by atoms with Crippen LogP contribution in [-0.2, 0) is 4.74 Å². The van der Waals surface area contributed by atoms with E-state index in [0.717, 1.165) is 25.2 Å². The minimum atomic E-state index is -1.07. The number of likely N-dealkylation sites (N-methyl/N-ethyl adjacent to an activating group) is 1. The first-order valence-corrected chi connectivity index (χ1v) is 6.08. The van der Waals surface area contributed by atoms with E-state index < -0.39 is 23.8 Å². The average molecular weight is 257 g/mol. The maximum Gasteiger partial charge on any atom is 0.132 e. The lowest BCUT2D eigenvalue weighted by Gasteiger charge is -2.34. The third-order valence-electron chi connectivity index (χ3n) is 3.26. The van der Waals surface area contributed by atoms with Gasteiger partial charge in [-0.1, -0.05) is 13.0 Å². The van der Waals surface area contributed by atoms with Crippen molar-refractivity contribution in [2.24, 2.45) is 0 Å². The van der Waals surface area contributed by atoms with Crippen molar-refractivity contribution in [2.45, 2.75) is 19.1 Å². The van der Waals surface area contributed by atoms with Crippen molar-refractivity contribution in [3.05, 3.63) is 35.4 Å². The summed E-state index contributed by atoms with van der Waals surface area (Å²) in [4.78, 5) is 2.12. The van der Waals surface area contributed by atoms with Crippen molar-refractivity contribution < 1.29 is 18.6 Å².